The second-order valence-electron chi connectivity index (χ2n) is 4.19. The van der Waals surface area contributed by atoms with Crippen molar-refractivity contribution in [2.75, 3.05) is 19.6 Å². The number of aldehydes is 1. The number of hydrogen-bond acceptors (Lipinski definition) is 3. The Hall–Kier alpha value is -1.35. The number of carbonyl (C=O) groups excluding carboxylic acids is 1. The van der Waals surface area contributed by atoms with Gasteiger partial charge >= 0.3 is 0 Å². The lowest BCUT2D eigenvalue weighted by molar-refractivity contribution is 0.0202. The topological polar surface area (TPSA) is 29.5 Å². The highest BCUT2D eigenvalue weighted by Crippen LogP contribution is 2.18. The molecule has 0 bridgehead atoms. The number of likely N-dealkylation sites (tertiary alicyclic amines) is 1. The molecule has 3 nitrogen and oxygen atoms in total. The lowest BCUT2D eigenvalue weighted by Gasteiger charge is -2.38. The Bertz CT molecular complexity index is 342. The van der Waals surface area contributed by atoms with E-state index in [2.05, 4.69) is 11.8 Å². The third-order valence-electron chi connectivity index (χ3n) is 2.78. The summed E-state index contributed by atoms with van der Waals surface area (Å²) in [6, 6.07) is 7.27. The molecule has 3 heteroatoms. The first-order valence-electron chi connectivity index (χ1n) is 6.76. The zero-order chi connectivity index (χ0) is 13.4. The van der Waals surface area contributed by atoms with Gasteiger partial charge in [0.15, 0.2) is 0 Å². The van der Waals surface area contributed by atoms with Crippen molar-refractivity contribution in [3.63, 3.8) is 0 Å². The molecule has 0 aromatic heterocycles. The van der Waals surface area contributed by atoms with Crippen molar-refractivity contribution in [2.24, 2.45) is 0 Å². The van der Waals surface area contributed by atoms with Gasteiger partial charge in [-0.1, -0.05) is 20.8 Å². The SMILES string of the molecule is CC.CCCN1CC(Oc2ccc(C=O)cc2)C1. The van der Waals surface area contributed by atoms with Gasteiger partial charge in [-0.3, -0.25) is 9.69 Å². The fraction of sp³-hybridized carbons (Fsp3) is 0.533. The Labute approximate surface area is 110 Å². The Morgan fingerprint density at radius 3 is 2.39 bits per heavy atom. The van der Waals surface area contributed by atoms with Crippen LogP contribution in [0.2, 0.25) is 0 Å². The molecule has 1 heterocycles. The molecule has 1 aromatic rings. The van der Waals surface area contributed by atoms with Gasteiger partial charge in [0.2, 0.25) is 0 Å². The molecule has 0 unspecified atom stereocenters. The molecule has 1 aliphatic rings. The fourth-order valence-corrected chi connectivity index (χ4v) is 1.91. The molecule has 1 saturated heterocycles. The Morgan fingerprint density at radius 2 is 1.89 bits per heavy atom. The first-order chi connectivity index (χ1) is 8.81. The molecule has 100 valence electrons. The van der Waals surface area contributed by atoms with E-state index in [0.717, 1.165) is 31.7 Å². The zero-order valence-electron chi connectivity index (χ0n) is 11.6. The minimum atomic E-state index is 0.314. The van der Waals surface area contributed by atoms with Crippen LogP contribution in [0.4, 0.5) is 0 Å². The van der Waals surface area contributed by atoms with Crippen LogP contribution < -0.4 is 4.74 Å². The predicted molar refractivity (Wildman–Crippen MR) is 74.3 cm³/mol. The molecule has 0 amide bonds. The van der Waals surface area contributed by atoms with Gasteiger partial charge < -0.3 is 4.74 Å². The number of hydrogen-bond donors (Lipinski definition) is 0. The minimum Gasteiger partial charge on any atom is -0.488 e. The van der Waals surface area contributed by atoms with Gasteiger partial charge in [0, 0.05) is 18.7 Å². The number of nitrogens with zero attached hydrogens (tertiary/aromatic N) is 1. The minimum absolute atomic E-state index is 0.314. The number of benzene rings is 1. The third-order valence-corrected chi connectivity index (χ3v) is 2.78. The summed E-state index contributed by atoms with van der Waals surface area (Å²) in [5.41, 5.74) is 0.688. The highest BCUT2D eigenvalue weighted by molar-refractivity contribution is 5.74. The van der Waals surface area contributed by atoms with Crippen LogP contribution in [0, 0.1) is 0 Å². The maximum Gasteiger partial charge on any atom is 0.150 e. The summed E-state index contributed by atoms with van der Waals surface area (Å²) in [4.78, 5) is 12.9. The van der Waals surface area contributed by atoms with Crippen molar-refractivity contribution in [3.8, 4) is 5.75 Å². The summed E-state index contributed by atoms with van der Waals surface area (Å²) in [6.07, 6.45) is 2.35. The van der Waals surface area contributed by atoms with Crippen LogP contribution in [0.1, 0.15) is 37.6 Å². The summed E-state index contributed by atoms with van der Waals surface area (Å²) in [7, 11) is 0. The summed E-state index contributed by atoms with van der Waals surface area (Å²) in [5, 5.41) is 0. The highest BCUT2D eigenvalue weighted by atomic mass is 16.5. The van der Waals surface area contributed by atoms with E-state index in [1.807, 2.05) is 26.0 Å². The van der Waals surface area contributed by atoms with Gasteiger partial charge in [0.25, 0.3) is 0 Å². The molecule has 0 saturated carbocycles. The first kappa shape index (κ1) is 14.7. The van der Waals surface area contributed by atoms with Crippen molar-refractivity contribution in [3.05, 3.63) is 29.8 Å². The van der Waals surface area contributed by atoms with E-state index >= 15 is 0 Å². The van der Waals surface area contributed by atoms with Crippen molar-refractivity contribution < 1.29 is 9.53 Å². The zero-order valence-corrected chi connectivity index (χ0v) is 11.6. The van der Waals surface area contributed by atoms with Crippen LogP contribution in [-0.4, -0.2) is 36.9 Å². The van der Waals surface area contributed by atoms with Crippen LogP contribution in [0.15, 0.2) is 24.3 Å². The molecular formula is C15H23NO2. The largest absolute Gasteiger partial charge is 0.488 e. The maximum atomic E-state index is 10.5. The van der Waals surface area contributed by atoms with E-state index < -0.39 is 0 Å². The van der Waals surface area contributed by atoms with E-state index in [9.17, 15) is 4.79 Å². The molecule has 0 radical (unpaired) electrons. The number of ether oxygens (including phenoxy) is 1. The Kier molecular flexibility index (Phi) is 6.44. The summed E-state index contributed by atoms with van der Waals surface area (Å²) < 4.78 is 5.77. The van der Waals surface area contributed by atoms with Gasteiger partial charge in [-0.05, 0) is 37.2 Å². The van der Waals surface area contributed by atoms with E-state index in [0.29, 0.717) is 11.7 Å². The monoisotopic (exact) mass is 249 g/mol. The second kappa shape index (κ2) is 7.88. The maximum absolute atomic E-state index is 10.5. The molecule has 0 spiro atoms. The van der Waals surface area contributed by atoms with Crippen molar-refractivity contribution in [1.82, 2.24) is 4.90 Å². The van der Waals surface area contributed by atoms with Crippen LogP contribution in [0.5, 0.6) is 5.75 Å². The number of carbonyl (C=O) groups is 1. The van der Waals surface area contributed by atoms with Crippen molar-refractivity contribution >= 4 is 6.29 Å². The lowest BCUT2D eigenvalue weighted by Crippen LogP contribution is -2.53. The average molecular weight is 249 g/mol. The molecule has 0 N–H and O–H groups in total. The molecule has 1 aliphatic heterocycles. The van der Waals surface area contributed by atoms with Gasteiger partial charge in [-0.25, -0.2) is 0 Å². The fourth-order valence-electron chi connectivity index (χ4n) is 1.91. The normalized spacial score (nSPS) is 15.3. The molecular weight excluding hydrogens is 226 g/mol. The van der Waals surface area contributed by atoms with Crippen molar-refractivity contribution in [2.45, 2.75) is 33.3 Å². The molecule has 1 aromatic carbocycles. The van der Waals surface area contributed by atoms with Crippen molar-refractivity contribution in [1.29, 1.82) is 0 Å². The number of rotatable bonds is 5. The van der Waals surface area contributed by atoms with Crippen LogP contribution in [0.3, 0.4) is 0 Å². The summed E-state index contributed by atoms with van der Waals surface area (Å²) in [5.74, 6) is 0.853. The van der Waals surface area contributed by atoms with E-state index in [1.165, 1.54) is 6.42 Å². The predicted octanol–water partition coefficient (Wildman–Crippen LogP) is 3.00. The summed E-state index contributed by atoms with van der Waals surface area (Å²) >= 11 is 0. The summed E-state index contributed by atoms with van der Waals surface area (Å²) in [6.45, 7) is 9.38. The van der Waals surface area contributed by atoms with E-state index in [-0.39, 0.29) is 0 Å². The lowest BCUT2D eigenvalue weighted by atomic mass is 10.1. The average Bonchev–Trinajstić information content (AvgIpc) is 2.39. The molecule has 18 heavy (non-hydrogen) atoms. The van der Waals surface area contributed by atoms with Crippen LogP contribution in [0.25, 0.3) is 0 Å². The Morgan fingerprint density at radius 1 is 1.28 bits per heavy atom. The molecule has 0 aliphatic carbocycles. The second-order valence-corrected chi connectivity index (χ2v) is 4.19. The van der Waals surface area contributed by atoms with Gasteiger partial charge in [-0.2, -0.15) is 0 Å². The van der Waals surface area contributed by atoms with Crippen LogP contribution >= 0.6 is 0 Å². The molecule has 2 rings (SSSR count). The molecule has 1 fully saturated rings. The highest BCUT2D eigenvalue weighted by Gasteiger charge is 2.27. The first-order valence-corrected chi connectivity index (χ1v) is 6.76. The van der Waals surface area contributed by atoms with E-state index in [1.54, 1.807) is 12.1 Å². The third kappa shape index (κ3) is 4.15. The van der Waals surface area contributed by atoms with Crippen LogP contribution in [-0.2, 0) is 0 Å². The van der Waals surface area contributed by atoms with Gasteiger partial charge in [0.1, 0.15) is 18.1 Å². The Balaban J connectivity index is 0.000000771. The standard InChI is InChI=1S/C13H17NO2.C2H6/c1-2-7-14-8-13(9-14)16-12-5-3-11(10-15)4-6-12;1-2/h3-6,10,13H,2,7-9H2,1H3;1-2H3. The van der Waals surface area contributed by atoms with Gasteiger partial charge in [0.05, 0.1) is 0 Å². The molecule has 0 atom stereocenters. The van der Waals surface area contributed by atoms with Gasteiger partial charge in [-0.15, -0.1) is 0 Å². The van der Waals surface area contributed by atoms with E-state index in [4.69, 9.17) is 4.74 Å². The quantitative estimate of drug-likeness (QED) is 0.751. The smallest absolute Gasteiger partial charge is 0.150 e.